The molecule has 0 saturated carbocycles. The van der Waals surface area contributed by atoms with E-state index < -0.39 is 32.9 Å². The molecule has 3 aromatic rings. The van der Waals surface area contributed by atoms with Crippen LogP contribution in [0.4, 0.5) is 13.2 Å². The van der Waals surface area contributed by atoms with E-state index in [1.165, 1.54) is 24.8 Å². The molecule has 0 aliphatic rings. The van der Waals surface area contributed by atoms with Crippen LogP contribution in [-0.2, 0) is 6.18 Å². The molecule has 0 aliphatic heterocycles. The van der Waals surface area contributed by atoms with E-state index in [-0.39, 0.29) is 0 Å². The summed E-state index contributed by atoms with van der Waals surface area (Å²) in [5, 5.41) is 2.04. The van der Waals surface area contributed by atoms with E-state index in [0.717, 1.165) is 3.57 Å². The zero-order chi connectivity index (χ0) is 14.9. The van der Waals surface area contributed by atoms with Crippen LogP contribution in [0.3, 0.4) is 0 Å². The predicted molar refractivity (Wildman–Crippen MR) is 76.5 cm³/mol. The monoisotopic (exact) mass is 437 g/mol. The van der Waals surface area contributed by atoms with Gasteiger partial charge in [-0.15, -0.1) is 11.3 Å². The van der Waals surface area contributed by atoms with E-state index in [9.17, 15) is 13.2 Å². The quantitative estimate of drug-likeness (QED) is 0.553. The first-order valence-electron chi connectivity index (χ1n) is 5.98. The SMILES string of the molecule is FC(F)(F)c1ccc([I+]c2ccc(-c3cccs3)s2)cc1. The van der Waals surface area contributed by atoms with Crippen LogP contribution in [0.25, 0.3) is 9.75 Å². The van der Waals surface area contributed by atoms with E-state index in [1.807, 2.05) is 11.4 Å². The van der Waals surface area contributed by atoms with Crippen molar-refractivity contribution in [2.24, 2.45) is 0 Å². The fourth-order valence-corrected chi connectivity index (χ4v) is 6.66. The predicted octanol–water partition coefficient (Wildman–Crippen LogP) is 2.62. The van der Waals surface area contributed by atoms with Crippen molar-refractivity contribution in [3.05, 3.63) is 65.9 Å². The Morgan fingerprint density at radius 2 is 1.62 bits per heavy atom. The molecule has 21 heavy (non-hydrogen) atoms. The number of alkyl halides is 3. The Morgan fingerprint density at radius 3 is 2.24 bits per heavy atom. The Bertz CT molecular complexity index is 712. The van der Waals surface area contributed by atoms with Crippen LogP contribution < -0.4 is 21.2 Å². The highest BCUT2D eigenvalue weighted by Gasteiger charge is 2.31. The van der Waals surface area contributed by atoms with E-state index in [1.54, 1.807) is 34.8 Å². The summed E-state index contributed by atoms with van der Waals surface area (Å²) in [4.78, 5) is 2.47. The van der Waals surface area contributed by atoms with Crippen molar-refractivity contribution in [1.82, 2.24) is 0 Å². The average Bonchev–Trinajstić information content (AvgIpc) is 3.08. The fraction of sp³-hybridized carbons (Fsp3) is 0.0667. The molecule has 3 rings (SSSR count). The maximum absolute atomic E-state index is 12.5. The standard InChI is InChI=1S/C15H9F3IS2/c16-15(17,18)10-3-5-11(6-4-10)19-14-8-7-13(21-14)12-2-1-9-20-12/h1-9H/q+1. The van der Waals surface area contributed by atoms with Crippen molar-refractivity contribution < 1.29 is 34.4 Å². The number of thiophene rings is 2. The van der Waals surface area contributed by atoms with Crippen molar-refractivity contribution in [3.8, 4) is 9.75 Å². The maximum atomic E-state index is 12.5. The van der Waals surface area contributed by atoms with Gasteiger partial charge in [-0.2, -0.15) is 13.2 Å². The molecule has 0 saturated heterocycles. The van der Waals surface area contributed by atoms with E-state index in [2.05, 4.69) is 18.2 Å². The van der Waals surface area contributed by atoms with Crippen LogP contribution in [0.15, 0.2) is 53.9 Å². The van der Waals surface area contributed by atoms with E-state index >= 15 is 0 Å². The third-order valence-corrected chi connectivity index (χ3v) is 8.06. The first-order valence-corrected chi connectivity index (χ1v) is 9.83. The third kappa shape index (κ3) is 3.67. The summed E-state index contributed by atoms with van der Waals surface area (Å²) < 4.78 is 39.8. The minimum Gasteiger partial charge on any atom is -0.166 e. The van der Waals surface area contributed by atoms with Gasteiger partial charge in [0.05, 0.1) is 5.56 Å². The first-order chi connectivity index (χ1) is 10.0. The molecule has 0 atom stereocenters. The highest BCUT2D eigenvalue weighted by Crippen LogP contribution is 2.29. The normalized spacial score (nSPS) is 11.8. The number of hydrogen-bond donors (Lipinski definition) is 0. The topological polar surface area (TPSA) is 0 Å². The van der Waals surface area contributed by atoms with Gasteiger partial charge >= 0.3 is 27.4 Å². The Labute approximate surface area is 138 Å². The molecule has 108 valence electrons. The average molecular weight is 437 g/mol. The van der Waals surface area contributed by atoms with Crippen LogP contribution >= 0.6 is 22.7 Å². The van der Waals surface area contributed by atoms with Crippen LogP contribution in [-0.4, -0.2) is 0 Å². The van der Waals surface area contributed by atoms with Gasteiger partial charge in [0.2, 0.25) is 2.88 Å². The van der Waals surface area contributed by atoms with Gasteiger partial charge < -0.3 is 0 Å². The Morgan fingerprint density at radius 1 is 0.857 bits per heavy atom. The highest BCUT2D eigenvalue weighted by atomic mass is 127. The molecule has 0 amide bonds. The molecule has 6 heteroatoms. The molecule has 0 unspecified atom stereocenters. The minimum atomic E-state index is -4.26. The lowest BCUT2D eigenvalue weighted by molar-refractivity contribution is -0.591. The van der Waals surface area contributed by atoms with Gasteiger partial charge in [-0.05, 0) is 41.8 Å². The zero-order valence-electron chi connectivity index (χ0n) is 10.5. The number of benzene rings is 1. The Kier molecular flexibility index (Phi) is 4.37. The molecule has 0 spiro atoms. The van der Waals surface area contributed by atoms with E-state index in [4.69, 9.17) is 0 Å². The Balaban J connectivity index is 1.75. The minimum absolute atomic E-state index is 0.421. The highest BCUT2D eigenvalue weighted by molar-refractivity contribution is 7.20. The zero-order valence-corrected chi connectivity index (χ0v) is 14.3. The molecule has 0 bridgehead atoms. The van der Waals surface area contributed by atoms with Gasteiger partial charge in [0.25, 0.3) is 0 Å². The molecule has 0 radical (unpaired) electrons. The van der Waals surface area contributed by atoms with E-state index in [0.29, 0.717) is 0 Å². The molecule has 1 aromatic carbocycles. The first kappa shape index (κ1) is 15.1. The summed E-state index contributed by atoms with van der Waals surface area (Å²) in [5.74, 6) is 0. The summed E-state index contributed by atoms with van der Waals surface area (Å²) in [6, 6.07) is 13.8. The molecule has 0 aliphatic carbocycles. The van der Waals surface area contributed by atoms with Gasteiger partial charge in [0, 0.05) is 15.8 Å². The van der Waals surface area contributed by atoms with Gasteiger partial charge in [-0.1, -0.05) is 17.4 Å². The lowest BCUT2D eigenvalue weighted by Crippen LogP contribution is -3.61. The number of rotatable bonds is 3. The fourth-order valence-electron chi connectivity index (χ4n) is 1.73. The van der Waals surface area contributed by atoms with Gasteiger partial charge in [0.1, 0.15) is 0 Å². The Hall–Kier alpha value is -0.860. The largest absolute Gasteiger partial charge is 0.416 e. The summed E-state index contributed by atoms with van der Waals surface area (Å²) in [6.07, 6.45) is -4.26. The van der Waals surface area contributed by atoms with Gasteiger partial charge in [0.15, 0.2) is 3.57 Å². The summed E-state index contributed by atoms with van der Waals surface area (Å²) in [5.41, 5.74) is -0.583. The smallest absolute Gasteiger partial charge is 0.166 e. The van der Waals surface area contributed by atoms with Crippen molar-refractivity contribution in [1.29, 1.82) is 0 Å². The van der Waals surface area contributed by atoms with Gasteiger partial charge in [-0.3, -0.25) is 0 Å². The maximum Gasteiger partial charge on any atom is 0.416 e. The summed E-state index contributed by atoms with van der Waals surface area (Å²) in [7, 11) is 0. The second-order valence-corrected chi connectivity index (χ2v) is 9.89. The van der Waals surface area contributed by atoms with Crippen LogP contribution in [0, 0.1) is 6.45 Å². The summed E-state index contributed by atoms with van der Waals surface area (Å²) >= 11 is 3.01. The van der Waals surface area contributed by atoms with Crippen LogP contribution in [0.1, 0.15) is 5.56 Å². The lowest BCUT2D eigenvalue weighted by Gasteiger charge is -2.04. The van der Waals surface area contributed by atoms with Crippen LogP contribution in [0.5, 0.6) is 0 Å². The number of hydrogen-bond acceptors (Lipinski definition) is 2. The van der Waals surface area contributed by atoms with Crippen molar-refractivity contribution in [2.45, 2.75) is 6.18 Å². The molecule has 2 heterocycles. The summed E-state index contributed by atoms with van der Waals surface area (Å²) in [6.45, 7) is 0. The second-order valence-electron chi connectivity index (χ2n) is 4.18. The van der Waals surface area contributed by atoms with Crippen molar-refractivity contribution >= 4 is 22.7 Å². The molecule has 0 N–H and O–H groups in total. The second kappa shape index (κ2) is 6.10. The van der Waals surface area contributed by atoms with Crippen molar-refractivity contribution in [3.63, 3.8) is 0 Å². The molecular weight excluding hydrogens is 428 g/mol. The molecule has 0 nitrogen and oxygen atoms in total. The number of halogens is 4. The third-order valence-electron chi connectivity index (χ3n) is 2.71. The molecule has 0 fully saturated rings. The van der Waals surface area contributed by atoms with Gasteiger partial charge in [-0.25, -0.2) is 0 Å². The van der Waals surface area contributed by atoms with Crippen LogP contribution in [0.2, 0.25) is 0 Å². The molecule has 2 aromatic heterocycles. The lowest BCUT2D eigenvalue weighted by atomic mass is 10.2. The van der Waals surface area contributed by atoms with Crippen molar-refractivity contribution in [2.75, 3.05) is 0 Å². The molecular formula is C15H9F3IS2+.